The van der Waals surface area contributed by atoms with E-state index in [1.807, 2.05) is 78.9 Å². The van der Waals surface area contributed by atoms with Crippen molar-refractivity contribution in [3.05, 3.63) is 95.6 Å². The highest BCUT2D eigenvalue weighted by atomic mass is 16.5. The van der Waals surface area contributed by atoms with Crippen molar-refractivity contribution >= 4 is 11.8 Å². The van der Waals surface area contributed by atoms with E-state index in [2.05, 4.69) is 5.32 Å². The van der Waals surface area contributed by atoms with Crippen LogP contribution in [0.15, 0.2) is 78.9 Å². The molecule has 0 saturated heterocycles. The molecule has 0 aliphatic rings. The van der Waals surface area contributed by atoms with Crippen LogP contribution in [0, 0.1) is 0 Å². The van der Waals surface area contributed by atoms with Gasteiger partial charge in [0.15, 0.2) is 0 Å². The van der Waals surface area contributed by atoms with Crippen LogP contribution >= 0.6 is 0 Å². The summed E-state index contributed by atoms with van der Waals surface area (Å²) in [6.45, 7) is 2.46. The lowest BCUT2D eigenvalue weighted by Crippen LogP contribution is -2.47. The maximum absolute atomic E-state index is 13.2. The maximum Gasteiger partial charge on any atom is 0.242 e. The van der Waals surface area contributed by atoms with Crippen LogP contribution < -0.4 is 14.8 Å². The van der Waals surface area contributed by atoms with Crippen LogP contribution in [0.5, 0.6) is 11.5 Å². The summed E-state index contributed by atoms with van der Waals surface area (Å²) in [4.78, 5) is 27.8. The van der Waals surface area contributed by atoms with Crippen LogP contribution in [0.1, 0.15) is 23.6 Å². The van der Waals surface area contributed by atoms with Gasteiger partial charge < -0.3 is 19.7 Å². The fourth-order valence-electron chi connectivity index (χ4n) is 3.46. The summed E-state index contributed by atoms with van der Waals surface area (Å²) in [5.41, 5.74) is 2.79. The van der Waals surface area contributed by atoms with Gasteiger partial charge in [0.25, 0.3) is 0 Å². The Balaban J connectivity index is 1.72. The van der Waals surface area contributed by atoms with Gasteiger partial charge in [-0.2, -0.15) is 0 Å². The molecule has 33 heavy (non-hydrogen) atoms. The minimum absolute atomic E-state index is 0.107. The summed E-state index contributed by atoms with van der Waals surface area (Å²) in [7, 11) is 3.22. The largest absolute Gasteiger partial charge is 0.497 e. The highest BCUT2D eigenvalue weighted by molar-refractivity contribution is 5.88. The molecule has 0 aliphatic carbocycles. The Kier molecular flexibility index (Phi) is 8.47. The molecule has 0 heterocycles. The van der Waals surface area contributed by atoms with Gasteiger partial charge in [0.05, 0.1) is 20.6 Å². The number of rotatable bonds is 10. The number of benzene rings is 3. The third kappa shape index (κ3) is 6.84. The lowest BCUT2D eigenvalue weighted by Gasteiger charge is -2.29. The van der Waals surface area contributed by atoms with Gasteiger partial charge in [-0.25, -0.2) is 0 Å². The van der Waals surface area contributed by atoms with Gasteiger partial charge in [-0.3, -0.25) is 9.59 Å². The Morgan fingerprint density at radius 1 is 0.788 bits per heavy atom. The second kappa shape index (κ2) is 11.7. The number of amides is 2. The van der Waals surface area contributed by atoms with Gasteiger partial charge >= 0.3 is 0 Å². The second-order valence-electron chi connectivity index (χ2n) is 7.77. The second-order valence-corrected chi connectivity index (χ2v) is 7.77. The van der Waals surface area contributed by atoms with Crippen molar-refractivity contribution in [2.45, 2.75) is 32.5 Å². The first-order valence-corrected chi connectivity index (χ1v) is 10.9. The standard InChI is InChI=1S/C27H30N2O4/c1-20(27(31)28-18-22-9-13-24(32-2)14-10-22)29(19-23-11-15-25(33-3)16-12-23)26(30)17-21-7-5-4-6-8-21/h4-16,20H,17-19H2,1-3H3,(H,28,31)/t20-/m1/s1. The van der Waals surface area contributed by atoms with Crippen molar-refractivity contribution in [1.82, 2.24) is 10.2 Å². The molecular formula is C27H30N2O4. The van der Waals surface area contributed by atoms with Gasteiger partial charge in [-0.1, -0.05) is 54.6 Å². The molecule has 3 aromatic carbocycles. The Morgan fingerprint density at radius 2 is 1.33 bits per heavy atom. The predicted octanol–water partition coefficient (Wildman–Crippen LogP) is 3.98. The lowest BCUT2D eigenvalue weighted by atomic mass is 10.1. The summed E-state index contributed by atoms with van der Waals surface area (Å²) < 4.78 is 10.4. The molecule has 0 bridgehead atoms. The molecule has 172 valence electrons. The lowest BCUT2D eigenvalue weighted by molar-refractivity contribution is -0.140. The van der Waals surface area contributed by atoms with Crippen molar-refractivity contribution in [3.8, 4) is 11.5 Å². The Bertz CT molecular complexity index is 1030. The number of carbonyl (C=O) groups excluding carboxylic acids is 2. The van der Waals surface area contributed by atoms with E-state index in [1.165, 1.54) is 0 Å². The van der Waals surface area contributed by atoms with Crippen LogP contribution in [0.3, 0.4) is 0 Å². The van der Waals surface area contributed by atoms with Crippen molar-refractivity contribution < 1.29 is 19.1 Å². The SMILES string of the molecule is COc1ccc(CNC(=O)[C@@H](C)N(Cc2ccc(OC)cc2)C(=O)Cc2ccccc2)cc1. The first kappa shape index (κ1) is 23.9. The monoisotopic (exact) mass is 446 g/mol. The fraction of sp³-hybridized carbons (Fsp3) is 0.259. The quantitative estimate of drug-likeness (QED) is 0.512. The number of carbonyl (C=O) groups is 2. The van der Waals surface area contributed by atoms with Crippen LogP contribution in [-0.4, -0.2) is 37.0 Å². The number of nitrogens with one attached hydrogen (secondary N) is 1. The molecule has 0 fully saturated rings. The Hall–Kier alpha value is -3.80. The van der Waals surface area contributed by atoms with Crippen molar-refractivity contribution in [2.75, 3.05) is 14.2 Å². The smallest absolute Gasteiger partial charge is 0.242 e. The van der Waals surface area contributed by atoms with E-state index in [9.17, 15) is 9.59 Å². The third-order valence-electron chi connectivity index (χ3n) is 5.50. The summed E-state index contributed by atoms with van der Waals surface area (Å²) >= 11 is 0. The van der Waals surface area contributed by atoms with Gasteiger partial charge in [-0.05, 0) is 47.9 Å². The van der Waals surface area contributed by atoms with E-state index in [1.54, 1.807) is 26.0 Å². The molecule has 2 amide bonds. The summed E-state index contributed by atoms with van der Waals surface area (Å²) in [6, 6.07) is 23.9. The molecule has 0 spiro atoms. The van der Waals surface area contributed by atoms with Gasteiger partial charge in [-0.15, -0.1) is 0 Å². The predicted molar refractivity (Wildman–Crippen MR) is 128 cm³/mol. The Morgan fingerprint density at radius 3 is 1.88 bits per heavy atom. The summed E-state index contributed by atoms with van der Waals surface area (Å²) in [5.74, 6) is 1.19. The van der Waals surface area contributed by atoms with Crippen LogP contribution in [0.4, 0.5) is 0 Å². The molecule has 0 unspecified atom stereocenters. The van der Waals surface area contributed by atoms with E-state index in [0.717, 1.165) is 28.2 Å². The number of hydrogen-bond acceptors (Lipinski definition) is 4. The van der Waals surface area contributed by atoms with E-state index in [-0.39, 0.29) is 18.2 Å². The van der Waals surface area contributed by atoms with Crippen molar-refractivity contribution in [3.63, 3.8) is 0 Å². The molecule has 1 N–H and O–H groups in total. The minimum atomic E-state index is -0.637. The van der Waals surface area contributed by atoms with E-state index < -0.39 is 6.04 Å². The Labute approximate surface area is 195 Å². The van der Waals surface area contributed by atoms with Crippen molar-refractivity contribution in [1.29, 1.82) is 0 Å². The normalized spacial score (nSPS) is 11.4. The molecule has 1 atom stereocenters. The molecule has 0 radical (unpaired) electrons. The summed E-state index contributed by atoms with van der Waals surface area (Å²) in [6.07, 6.45) is 0.229. The molecule has 6 heteroatoms. The maximum atomic E-state index is 13.2. The van der Waals surface area contributed by atoms with Crippen LogP contribution in [0.2, 0.25) is 0 Å². The minimum Gasteiger partial charge on any atom is -0.497 e. The molecule has 0 saturated carbocycles. The zero-order chi connectivity index (χ0) is 23.6. The van der Waals surface area contributed by atoms with Gasteiger partial charge in [0.2, 0.25) is 11.8 Å². The number of nitrogens with zero attached hydrogens (tertiary/aromatic N) is 1. The molecule has 3 aromatic rings. The number of hydrogen-bond donors (Lipinski definition) is 1. The zero-order valence-corrected chi connectivity index (χ0v) is 19.3. The highest BCUT2D eigenvalue weighted by Gasteiger charge is 2.26. The van der Waals surface area contributed by atoms with E-state index >= 15 is 0 Å². The highest BCUT2D eigenvalue weighted by Crippen LogP contribution is 2.16. The van der Waals surface area contributed by atoms with Crippen LogP contribution in [-0.2, 0) is 29.1 Å². The molecule has 0 aromatic heterocycles. The first-order valence-electron chi connectivity index (χ1n) is 10.9. The van der Waals surface area contributed by atoms with Crippen molar-refractivity contribution in [2.24, 2.45) is 0 Å². The average molecular weight is 447 g/mol. The average Bonchev–Trinajstić information content (AvgIpc) is 2.86. The fourth-order valence-corrected chi connectivity index (χ4v) is 3.46. The molecule has 0 aliphatic heterocycles. The molecule has 3 rings (SSSR count). The van der Waals surface area contributed by atoms with Crippen LogP contribution in [0.25, 0.3) is 0 Å². The van der Waals surface area contributed by atoms with Gasteiger partial charge in [0, 0.05) is 13.1 Å². The number of methoxy groups -OCH3 is 2. The molecule has 6 nitrogen and oxygen atoms in total. The first-order chi connectivity index (χ1) is 16.0. The zero-order valence-electron chi connectivity index (χ0n) is 19.3. The number of ether oxygens (including phenoxy) is 2. The molecular weight excluding hydrogens is 416 g/mol. The van der Waals surface area contributed by atoms with E-state index in [0.29, 0.717) is 13.1 Å². The topological polar surface area (TPSA) is 67.9 Å². The van der Waals surface area contributed by atoms with E-state index in [4.69, 9.17) is 9.47 Å². The van der Waals surface area contributed by atoms with Gasteiger partial charge in [0.1, 0.15) is 17.5 Å². The summed E-state index contributed by atoms with van der Waals surface area (Å²) in [5, 5.41) is 2.95. The third-order valence-corrected chi connectivity index (χ3v) is 5.50.